The fourth-order valence-corrected chi connectivity index (χ4v) is 4.56. The maximum absolute atomic E-state index is 13.0. The highest BCUT2D eigenvalue weighted by Crippen LogP contribution is 2.24. The molecule has 1 N–H and O–H groups in total. The monoisotopic (exact) mass is 452 g/mol. The lowest BCUT2D eigenvalue weighted by atomic mass is 10.1. The Hall–Kier alpha value is -3.32. The highest BCUT2D eigenvalue weighted by atomic mass is 32.2. The van der Waals surface area contributed by atoms with Crippen molar-refractivity contribution in [3.05, 3.63) is 90.0 Å². The zero-order valence-electron chi connectivity index (χ0n) is 18.5. The van der Waals surface area contributed by atoms with Crippen LogP contribution in [0.5, 0.6) is 5.75 Å². The summed E-state index contributed by atoms with van der Waals surface area (Å²) in [6, 6.07) is 23.1. The van der Waals surface area contributed by atoms with Crippen molar-refractivity contribution in [2.75, 3.05) is 15.9 Å². The van der Waals surface area contributed by atoms with Crippen LogP contribution in [0.4, 0.5) is 11.4 Å². The Balaban J connectivity index is 1.71. The minimum Gasteiger partial charge on any atom is -0.489 e. The number of benzene rings is 3. The second kappa shape index (κ2) is 10.3. The summed E-state index contributed by atoms with van der Waals surface area (Å²) in [4.78, 5) is 13.0. The molecule has 0 radical (unpaired) electrons. The van der Waals surface area contributed by atoms with Crippen LogP contribution in [0.25, 0.3) is 0 Å². The predicted octanol–water partition coefficient (Wildman–Crippen LogP) is 4.76. The number of ether oxygens (including phenoxy) is 1. The molecule has 1 amide bonds. The third-order valence-electron chi connectivity index (χ3n) is 4.99. The lowest BCUT2D eigenvalue weighted by Gasteiger charge is -2.30. The zero-order valence-corrected chi connectivity index (χ0v) is 19.3. The fourth-order valence-electron chi connectivity index (χ4n) is 3.35. The molecule has 3 aromatic rings. The van der Waals surface area contributed by atoms with Gasteiger partial charge in [-0.15, -0.1) is 0 Å². The summed E-state index contributed by atoms with van der Waals surface area (Å²) in [5.74, 6) is 0.285. The smallest absolute Gasteiger partial charge is 0.248 e. The van der Waals surface area contributed by atoms with Crippen molar-refractivity contribution >= 4 is 27.3 Å². The second-order valence-electron chi connectivity index (χ2n) is 7.61. The molecule has 3 aromatic carbocycles. The Morgan fingerprint density at radius 3 is 2.16 bits per heavy atom. The van der Waals surface area contributed by atoms with E-state index in [0.717, 1.165) is 17.4 Å². The molecule has 0 aromatic heterocycles. The van der Waals surface area contributed by atoms with Gasteiger partial charge < -0.3 is 10.1 Å². The van der Waals surface area contributed by atoms with Gasteiger partial charge in [-0.2, -0.15) is 0 Å². The van der Waals surface area contributed by atoms with E-state index in [1.807, 2.05) is 49.4 Å². The van der Waals surface area contributed by atoms with E-state index in [-0.39, 0.29) is 0 Å². The third-order valence-corrected chi connectivity index (χ3v) is 6.17. The first-order valence-corrected chi connectivity index (χ1v) is 12.3. The molecule has 0 saturated heterocycles. The van der Waals surface area contributed by atoms with Gasteiger partial charge in [-0.3, -0.25) is 9.10 Å². The van der Waals surface area contributed by atoms with Crippen LogP contribution in [-0.4, -0.2) is 26.6 Å². The summed E-state index contributed by atoms with van der Waals surface area (Å²) < 4.78 is 32.0. The molecule has 0 bridgehead atoms. The molecular formula is C25H28N2O4S. The Morgan fingerprint density at radius 2 is 1.59 bits per heavy atom. The zero-order chi connectivity index (χ0) is 23.1. The van der Waals surface area contributed by atoms with Gasteiger partial charge in [-0.1, -0.05) is 55.0 Å². The topological polar surface area (TPSA) is 75.7 Å². The van der Waals surface area contributed by atoms with E-state index < -0.39 is 22.0 Å². The van der Waals surface area contributed by atoms with E-state index in [9.17, 15) is 13.2 Å². The normalized spacial score (nSPS) is 12.1. The number of aryl methyl sites for hydroxylation is 1. The molecule has 0 fully saturated rings. The average molecular weight is 453 g/mol. The SMILES string of the molecule is CC[C@H](C(=O)Nc1ccc(OCc2ccccc2)cc1)N(c1ccc(C)cc1)S(C)(=O)=O. The van der Waals surface area contributed by atoms with Crippen molar-refractivity contribution in [1.29, 1.82) is 0 Å². The Kier molecular flexibility index (Phi) is 7.53. The van der Waals surface area contributed by atoms with Gasteiger partial charge in [-0.05, 0) is 55.3 Å². The molecule has 1 atom stereocenters. The predicted molar refractivity (Wildman–Crippen MR) is 128 cm³/mol. The largest absolute Gasteiger partial charge is 0.489 e. The summed E-state index contributed by atoms with van der Waals surface area (Å²) in [6.07, 6.45) is 1.44. The van der Waals surface area contributed by atoms with Gasteiger partial charge in [0.15, 0.2) is 0 Å². The van der Waals surface area contributed by atoms with Gasteiger partial charge in [0, 0.05) is 5.69 Å². The lowest BCUT2D eigenvalue weighted by molar-refractivity contribution is -0.117. The number of nitrogens with zero attached hydrogens (tertiary/aromatic N) is 1. The van der Waals surface area contributed by atoms with Crippen molar-refractivity contribution in [3.63, 3.8) is 0 Å². The van der Waals surface area contributed by atoms with Gasteiger partial charge in [0.1, 0.15) is 18.4 Å². The van der Waals surface area contributed by atoms with E-state index >= 15 is 0 Å². The number of rotatable bonds is 9. The van der Waals surface area contributed by atoms with Crippen LogP contribution in [0.1, 0.15) is 24.5 Å². The van der Waals surface area contributed by atoms with Crippen LogP contribution in [0, 0.1) is 6.92 Å². The number of anilines is 2. The molecule has 168 valence electrons. The fraction of sp³-hybridized carbons (Fsp3) is 0.240. The Morgan fingerprint density at radius 1 is 0.969 bits per heavy atom. The van der Waals surface area contributed by atoms with Crippen LogP contribution in [0.2, 0.25) is 0 Å². The summed E-state index contributed by atoms with van der Waals surface area (Å²) in [7, 11) is -3.67. The van der Waals surface area contributed by atoms with E-state index in [4.69, 9.17) is 4.74 Å². The van der Waals surface area contributed by atoms with Gasteiger partial charge in [-0.25, -0.2) is 8.42 Å². The molecular weight excluding hydrogens is 424 g/mol. The highest BCUT2D eigenvalue weighted by Gasteiger charge is 2.31. The molecule has 32 heavy (non-hydrogen) atoms. The number of sulfonamides is 1. The third kappa shape index (κ3) is 6.11. The summed E-state index contributed by atoms with van der Waals surface area (Å²) in [6.45, 7) is 4.16. The van der Waals surface area contributed by atoms with Crippen LogP contribution in [0.3, 0.4) is 0 Å². The minimum atomic E-state index is -3.67. The molecule has 0 heterocycles. The highest BCUT2D eigenvalue weighted by molar-refractivity contribution is 7.92. The number of hydrogen-bond donors (Lipinski definition) is 1. The number of carbonyl (C=O) groups excluding carboxylic acids is 1. The molecule has 0 aliphatic carbocycles. The Bertz CT molecular complexity index is 1130. The van der Waals surface area contributed by atoms with E-state index in [1.165, 1.54) is 4.31 Å². The van der Waals surface area contributed by atoms with Gasteiger partial charge in [0.05, 0.1) is 11.9 Å². The van der Waals surface area contributed by atoms with E-state index in [0.29, 0.717) is 30.2 Å². The lowest BCUT2D eigenvalue weighted by Crippen LogP contribution is -2.47. The first-order valence-electron chi connectivity index (χ1n) is 10.4. The van der Waals surface area contributed by atoms with Crippen molar-refractivity contribution < 1.29 is 17.9 Å². The van der Waals surface area contributed by atoms with Crippen LogP contribution < -0.4 is 14.4 Å². The number of hydrogen-bond acceptors (Lipinski definition) is 4. The quantitative estimate of drug-likeness (QED) is 0.508. The number of nitrogens with one attached hydrogen (secondary N) is 1. The molecule has 0 saturated carbocycles. The first-order chi connectivity index (χ1) is 15.3. The summed E-state index contributed by atoms with van der Waals surface area (Å²) in [5.41, 5.74) is 3.10. The maximum Gasteiger partial charge on any atom is 0.248 e. The number of carbonyl (C=O) groups is 1. The average Bonchev–Trinajstić information content (AvgIpc) is 2.77. The molecule has 7 heteroatoms. The van der Waals surface area contributed by atoms with E-state index in [1.54, 1.807) is 43.3 Å². The van der Waals surface area contributed by atoms with Gasteiger partial charge in [0.2, 0.25) is 15.9 Å². The van der Waals surface area contributed by atoms with Gasteiger partial charge >= 0.3 is 0 Å². The molecule has 0 spiro atoms. The van der Waals surface area contributed by atoms with Crippen molar-refractivity contribution in [2.24, 2.45) is 0 Å². The minimum absolute atomic E-state index is 0.324. The number of amides is 1. The van der Waals surface area contributed by atoms with Crippen LogP contribution >= 0.6 is 0 Å². The van der Waals surface area contributed by atoms with E-state index in [2.05, 4.69) is 5.32 Å². The van der Waals surface area contributed by atoms with Crippen molar-refractivity contribution in [2.45, 2.75) is 32.9 Å². The summed E-state index contributed by atoms with van der Waals surface area (Å²) in [5, 5.41) is 2.83. The Labute approximate surface area is 189 Å². The van der Waals surface area contributed by atoms with Crippen molar-refractivity contribution in [3.8, 4) is 5.75 Å². The molecule has 0 aliphatic heterocycles. The maximum atomic E-state index is 13.0. The molecule has 0 aliphatic rings. The first kappa shape index (κ1) is 23.3. The molecule has 0 unspecified atom stereocenters. The standard InChI is InChI=1S/C25H28N2O4S/c1-4-24(27(32(3,29)30)22-14-10-19(2)11-15-22)25(28)26-21-12-16-23(17-13-21)31-18-20-8-6-5-7-9-20/h5-17,24H,4,18H2,1-3H3,(H,26,28)/t24-/m1/s1. The second-order valence-corrected chi connectivity index (χ2v) is 9.47. The van der Waals surface area contributed by atoms with Gasteiger partial charge in [0.25, 0.3) is 0 Å². The van der Waals surface area contributed by atoms with Crippen LogP contribution in [-0.2, 0) is 21.4 Å². The van der Waals surface area contributed by atoms with Crippen LogP contribution in [0.15, 0.2) is 78.9 Å². The molecule has 3 rings (SSSR count). The van der Waals surface area contributed by atoms with Crippen molar-refractivity contribution in [1.82, 2.24) is 0 Å². The molecule has 6 nitrogen and oxygen atoms in total. The summed E-state index contributed by atoms with van der Waals surface area (Å²) >= 11 is 0.